The van der Waals surface area contributed by atoms with Gasteiger partial charge in [0.15, 0.2) is 11.6 Å². The Morgan fingerprint density at radius 2 is 2.00 bits per heavy atom. The van der Waals surface area contributed by atoms with E-state index in [0.717, 1.165) is 29.7 Å². The van der Waals surface area contributed by atoms with E-state index in [-0.39, 0.29) is 5.78 Å². The van der Waals surface area contributed by atoms with Gasteiger partial charge in [0.25, 0.3) is 0 Å². The number of nitrogens with zero attached hydrogens (tertiary/aromatic N) is 3. The summed E-state index contributed by atoms with van der Waals surface area (Å²) in [6.07, 6.45) is 2.09. The SMILES string of the molecule is COc1ccccc1-c1nc2n(n1)C(c1ccc(Cl)cc1Cl)C1=C(CCCC1=O)N2. The van der Waals surface area contributed by atoms with Gasteiger partial charge in [-0.25, -0.2) is 4.68 Å². The molecule has 1 aliphatic carbocycles. The molecule has 1 aromatic heterocycles. The average molecular weight is 441 g/mol. The molecule has 3 aromatic rings. The minimum absolute atomic E-state index is 0.0970. The topological polar surface area (TPSA) is 69.0 Å². The summed E-state index contributed by atoms with van der Waals surface area (Å²) in [6, 6.07) is 12.4. The first kappa shape index (κ1) is 19.2. The van der Waals surface area contributed by atoms with Crippen LogP contribution in [0.3, 0.4) is 0 Å². The lowest BCUT2D eigenvalue weighted by molar-refractivity contribution is -0.116. The van der Waals surface area contributed by atoms with Crippen molar-refractivity contribution in [2.45, 2.75) is 25.3 Å². The van der Waals surface area contributed by atoms with Gasteiger partial charge in [0.05, 0.1) is 12.7 Å². The number of benzene rings is 2. The van der Waals surface area contributed by atoms with E-state index >= 15 is 0 Å². The van der Waals surface area contributed by atoms with Crippen molar-refractivity contribution < 1.29 is 9.53 Å². The Kier molecular flexibility index (Phi) is 4.76. The number of rotatable bonds is 3. The van der Waals surface area contributed by atoms with Gasteiger partial charge in [-0.3, -0.25) is 4.79 Å². The van der Waals surface area contributed by atoms with Crippen LogP contribution in [-0.2, 0) is 4.79 Å². The molecule has 152 valence electrons. The van der Waals surface area contributed by atoms with Crippen molar-refractivity contribution in [3.8, 4) is 17.1 Å². The van der Waals surface area contributed by atoms with Gasteiger partial charge in [-0.05, 0) is 37.1 Å². The number of ether oxygens (including phenoxy) is 1. The zero-order valence-electron chi connectivity index (χ0n) is 16.2. The third-order valence-corrected chi connectivity index (χ3v) is 6.04. The molecule has 8 heteroatoms. The number of nitrogens with one attached hydrogen (secondary N) is 1. The quantitative estimate of drug-likeness (QED) is 0.599. The van der Waals surface area contributed by atoms with Gasteiger partial charge in [0, 0.05) is 33.3 Å². The first-order chi connectivity index (χ1) is 14.6. The molecule has 2 aliphatic rings. The first-order valence-electron chi connectivity index (χ1n) is 9.65. The van der Waals surface area contributed by atoms with E-state index in [0.29, 0.717) is 39.6 Å². The van der Waals surface area contributed by atoms with Crippen LogP contribution in [0.5, 0.6) is 5.75 Å². The second-order valence-electron chi connectivity index (χ2n) is 7.27. The van der Waals surface area contributed by atoms with E-state index in [4.69, 9.17) is 38.0 Å². The normalized spacial score (nSPS) is 18.0. The maximum absolute atomic E-state index is 12.9. The van der Waals surface area contributed by atoms with Gasteiger partial charge in [-0.2, -0.15) is 4.98 Å². The van der Waals surface area contributed by atoms with Crippen LogP contribution in [0.2, 0.25) is 10.0 Å². The second-order valence-corrected chi connectivity index (χ2v) is 8.11. The van der Waals surface area contributed by atoms with Crippen LogP contribution in [0.4, 0.5) is 5.95 Å². The molecular weight excluding hydrogens is 423 g/mol. The molecule has 1 atom stereocenters. The zero-order chi connectivity index (χ0) is 20.8. The molecule has 1 N–H and O–H groups in total. The molecule has 0 bridgehead atoms. The predicted octanol–water partition coefficient (Wildman–Crippen LogP) is 5.28. The molecule has 5 rings (SSSR count). The molecule has 6 nitrogen and oxygen atoms in total. The van der Waals surface area contributed by atoms with Crippen molar-refractivity contribution in [3.05, 3.63) is 69.3 Å². The van der Waals surface area contributed by atoms with Gasteiger partial charge >= 0.3 is 0 Å². The van der Waals surface area contributed by atoms with Gasteiger partial charge in [0.1, 0.15) is 11.8 Å². The average Bonchev–Trinajstić information content (AvgIpc) is 3.16. The number of methoxy groups -OCH3 is 1. The monoisotopic (exact) mass is 440 g/mol. The lowest BCUT2D eigenvalue weighted by Gasteiger charge is -2.32. The van der Waals surface area contributed by atoms with Crippen LogP contribution in [0.15, 0.2) is 53.7 Å². The van der Waals surface area contributed by atoms with E-state index in [9.17, 15) is 4.79 Å². The van der Waals surface area contributed by atoms with E-state index in [1.54, 1.807) is 23.9 Å². The third-order valence-electron chi connectivity index (χ3n) is 5.47. The van der Waals surface area contributed by atoms with Crippen LogP contribution in [-0.4, -0.2) is 27.7 Å². The number of para-hydroxylation sites is 1. The van der Waals surface area contributed by atoms with Crippen LogP contribution >= 0.6 is 23.2 Å². The molecule has 0 saturated heterocycles. The Labute approximate surface area is 183 Å². The predicted molar refractivity (Wildman–Crippen MR) is 116 cm³/mol. The zero-order valence-corrected chi connectivity index (χ0v) is 17.7. The van der Waals surface area contributed by atoms with Crippen molar-refractivity contribution in [1.82, 2.24) is 14.8 Å². The molecule has 0 fully saturated rings. The number of ketones is 1. The first-order valence-corrected chi connectivity index (χ1v) is 10.4. The summed E-state index contributed by atoms with van der Waals surface area (Å²) in [5, 5.41) is 9.11. The Bertz CT molecular complexity index is 1200. The number of allylic oxidation sites excluding steroid dienone is 2. The maximum Gasteiger partial charge on any atom is 0.226 e. The highest BCUT2D eigenvalue weighted by molar-refractivity contribution is 6.35. The minimum atomic E-state index is -0.468. The Balaban J connectivity index is 1.71. The molecule has 2 aromatic carbocycles. The number of Topliss-reactive ketones (excluding diaryl/α,β-unsaturated/α-hetero) is 1. The number of aromatic nitrogens is 3. The minimum Gasteiger partial charge on any atom is -0.496 e. The lowest BCUT2D eigenvalue weighted by Crippen LogP contribution is -2.31. The molecule has 2 heterocycles. The summed E-state index contributed by atoms with van der Waals surface area (Å²) in [6.45, 7) is 0. The van der Waals surface area contributed by atoms with Gasteiger partial charge in [0.2, 0.25) is 5.95 Å². The highest BCUT2D eigenvalue weighted by atomic mass is 35.5. The molecule has 0 spiro atoms. The fourth-order valence-electron chi connectivity index (χ4n) is 4.11. The highest BCUT2D eigenvalue weighted by Gasteiger charge is 2.38. The number of hydrogen-bond acceptors (Lipinski definition) is 5. The summed E-state index contributed by atoms with van der Waals surface area (Å²) in [4.78, 5) is 17.6. The number of halogens is 2. The van der Waals surface area contributed by atoms with Crippen LogP contribution in [0.1, 0.15) is 30.9 Å². The van der Waals surface area contributed by atoms with Gasteiger partial charge in [-0.1, -0.05) is 41.4 Å². The number of carbonyl (C=O) groups excluding carboxylic acids is 1. The number of fused-ring (bicyclic) bond motifs is 1. The summed E-state index contributed by atoms with van der Waals surface area (Å²) in [5.41, 5.74) is 3.11. The van der Waals surface area contributed by atoms with E-state index in [1.165, 1.54) is 0 Å². The second kappa shape index (κ2) is 7.45. The van der Waals surface area contributed by atoms with Crippen molar-refractivity contribution in [2.75, 3.05) is 12.4 Å². The molecule has 1 aliphatic heterocycles. The molecule has 0 amide bonds. The largest absolute Gasteiger partial charge is 0.496 e. The van der Waals surface area contributed by atoms with Gasteiger partial charge < -0.3 is 10.1 Å². The third kappa shape index (κ3) is 3.07. The van der Waals surface area contributed by atoms with Crippen molar-refractivity contribution >= 4 is 34.9 Å². The van der Waals surface area contributed by atoms with Crippen molar-refractivity contribution in [2.24, 2.45) is 0 Å². The molecular formula is C22H18Cl2N4O2. The highest BCUT2D eigenvalue weighted by Crippen LogP contribution is 2.43. The fourth-order valence-corrected chi connectivity index (χ4v) is 4.62. The molecule has 30 heavy (non-hydrogen) atoms. The van der Waals surface area contributed by atoms with E-state index < -0.39 is 6.04 Å². The Hall–Kier alpha value is -2.83. The van der Waals surface area contributed by atoms with Crippen molar-refractivity contribution in [1.29, 1.82) is 0 Å². The van der Waals surface area contributed by atoms with Crippen LogP contribution in [0.25, 0.3) is 11.4 Å². The van der Waals surface area contributed by atoms with Crippen molar-refractivity contribution in [3.63, 3.8) is 0 Å². The Morgan fingerprint density at radius 1 is 1.17 bits per heavy atom. The number of hydrogen-bond donors (Lipinski definition) is 1. The van der Waals surface area contributed by atoms with E-state index in [1.807, 2.05) is 30.3 Å². The van der Waals surface area contributed by atoms with Crippen LogP contribution in [0, 0.1) is 0 Å². The summed E-state index contributed by atoms with van der Waals surface area (Å²) in [7, 11) is 1.61. The number of carbonyl (C=O) groups is 1. The lowest BCUT2D eigenvalue weighted by atomic mass is 9.85. The van der Waals surface area contributed by atoms with Crippen LogP contribution < -0.4 is 10.1 Å². The summed E-state index contributed by atoms with van der Waals surface area (Å²) in [5.74, 6) is 1.85. The standard InChI is InChI=1S/C22H18Cl2N4O2/c1-30-18-8-3-2-5-14(18)21-26-22-25-16-6-4-7-17(29)19(16)20(28(22)27-21)13-10-9-12(23)11-15(13)24/h2-3,5,8-11,20H,4,6-7H2,1H3,(H,25,26,27). The summed E-state index contributed by atoms with van der Waals surface area (Å²) < 4.78 is 7.21. The maximum atomic E-state index is 12.9. The molecule has 0 radical (unpaired) electrons. The van der Waals surface area contributed by atoms with Gasteiger partial charge in [-0.15, -0.1) is 5.10 Å². The summed E-state index contributed by atoms with van der Waals surface area (Å²) >= 11 is 12.7. The number of anilines is 1. The molecule has 0 saturated carbocycles. The Morgan fingerprint density at radius 3 is 2.80 bits per heavy atom. The van der Waals surface area contributed by atoms with E-state index in [2.05, 4.69) is 5.32 Å². The molecule has 1 unspecified atom stereocenters. The smallest absolute Gasteiger partial charge is 0.226 e. The fraction of sp³-hybridized carbons (Fsp3) is 0.227.